The number of hydrogen-bond acceptors (Lipinski definition) is 3. The average molecular weight is 265 g/mol. The van der Waals surface area contributed by atoms with Crippen molar-refractivity contribution >= 4 is 18.3 Å². The third-order valence-corrected chi connectivity index (χ3v) is 3.21. The zero-order valence-corrected chi connectivity index (χ0v) is 11.9. The summed E-state index contributed by atoms with van der Waals surface area (Å²) in [5.41, 5.74) is 4.99. The number of amides is 1. The van der Waals surface area contributed by atoms with E-state index in [-0.39, 0.29) is 23.9 Å². The van der Waals surface area contributed by atoms with Crippen LogP contribution in [0.4, 0.5) is 0 Å². The second kappa shape index (κ2) is 6.57. The number of ether oxygens (including phenoxy) is 1. The van der Waals surface area contributed by atoms with Gasteiger partial charge in [-0.15, -0.1) is 12.4 Å². The van der Waals surface area contributed by atoms with Gasteiger partial charge >= 0.3 is 0 Å². The van der Waals surface area contributed by atoms with Crippen LogP contribution in [-0.2, 0) is 9.53 Å². The predicted molar refractivity (Wildman–Crippen MR) is 71.3 cm³/mol. The number of carbonyl (C=O) groups is 1. The normalized spacial score (nSPS) is 27.1. The van der Waals surface area contributed by atoms with Gasteiger partial charge in [0.1, 0.15) is 0 Å². The summed E-state index contributed by atoms with van der Waals surface area (Å²) in [7, 11) is 0. The molecular formula is C12H25ClN2O2. The maximum atomic E-state index is 11.9. The lowest BCUT2D eigenvalue weighted by molar-refractivity contribution is -0.127. The van der Waals surface area contributed by atoms with E-state index in [0.29, 0.717) is 13.0 Å². The molecule has 17 heavy (non-hydrogen) atoms. The molecule has 0 spiro atoms. The summed E-state index contributed by atoms with van der Waals surface area (Å²) in [4.78, 5) is 11.9. The topological polar surface area (TPSA) is 64.4 Å². The molecule has 1 aliphatic rings. The highest BCUT2D eigenvalue weighted by atomic mass is 35.5. The number of carbonyl (C=O) groups excluding carboxylic acids is 1. The summed E-state index contributed by atoms with van der Waals surface area (Å²) in [6, 6.07) is 0. The number of nitrogens with two attached hydrogens (primary N) is 1. The molecule has 0 aromatic heterocycles. The van der Waals surface area contributed by atoms with Crippen molar-refractivity contribution in [3.8, 4) is 0 Å². The van der Waals surface area contributed by atoms with Gasteiger partial charge in [-0.1, -0.05) is 13.3 Å². The molecule has 2 unspecified atom stereocenters. The standard InChI is InChI=1S/C12H24N2O2.ClH/c1-4-6-12(3,13)10(15)14-9-11(2)7-5-8-16-11;/h4-9,13H2,1-3H3,(H,14,15);1H. The van der Waals surface area contributed by atoms with E-state index in [1.54, 1.807) is 6.92 Å². The van der Waals surface area contributed by atoms with Gasteiger partial charge in [0.25, 0.3) is 0 Å². The number of nitrogens with one attached hydrogen (secondary N) is 1. The quantitative estimate of drug-likeness (QED) is 0.793. The van der Waals surface area contributed by atoms with Gasteiger partial charge in [0.05, 0.1) is 11.1 Å². The Hall–Kier alpha value is -0.320. The van der Waals surface area contributed by atoms with Crippen LogP contribution in [0, 0.1) is 0 Å². The Morgan fingerprint density at radius 1 is 1.59 bits per heavy atom. The fourth-order valence-electron chi connectivity index (χ4n) is 2.08. The summed E-state index contributed by atoms with van der Waals surface area (Å²) in [6.45, 7) is 7.20. The van der Waals surface area contributed by atoms with E-state index in [1.165, 1.54) is 0 Å². The zero-order valence-electron chi connectivity index (χ0n) is 11.0. The fraction of sp³-hybridized carbons (Fsp3) is 0.917. The highest BCUT2D eigenvalue weighted by Crippen LogP contribution is 2.24. The van der Waals surface area contributed by atoms with Crippen LogP contribution in [0.15, 0.2) is 0 Å². The molecule has 5 heteroatoms. The first-order valence-corrected chi connectivity index (χ1v) is 6.11. The molecule has 0 aromatic rings. The second-order valence-corrected chi connectivity index (χ2v) is 5.25. The molecule has 1 fully saturated rings. The average Bonchev–Trinajstić information content (AvgIpc) is 2.62. The van der Waals surface area contributed by atoms with E-state index >= 15 is 0 Å². The molecule has 1 saturated heterocycles. The third kappa shape index (κ3) is 4.82. The van der Waals surface area contributed by atoms with Gasteiger partial charge in [-0.2, -0.15) is 0 Å². The first-order valence-electron chi connectivity index (χ1n) is 6.11. The lowest BCUT2D eigenvalue weighted by Crippen LogP contribution is -2.54. The molecule has 2 atom stereocenters. The maximum Gasteiger partial charge on any atom is 0.239 e. The summed E-state index contributed by atoms with van der Waals surface area (Å²) in [5, 5.41) is 2.90. The maximum absolute atomic E-state index is 11.9. The van der Waals surface area contributed by atoms with Crippen molar-refractivity contribution in [1.82, 2.24) is 5.32 Å². The molecule has 0 aliphatic carbocycles. The van der Waals surface area contributed by atoms with E-state index in [9.17, 15) is 4.79 Å². The number of halogens is 1. The Bertz CT molecular complexity index is 251. The van der Waals surface area contributed by atoms with Gasteiger partial charge in [0.2, 0.25) is 5.91 Å². The summed E-state index contributed by atoms with van der Waals surface area (Å²) < 4.78 is 5.61. The predicted octanol–water partition coefficient (Wildman–Crippen LogP) is 1.61. The van der Waals surface area contributed by atoms with Gasteiger partial charge in [0, 0.05) is 13.2 Å². The SMILES string of the molecule is CCCC(C)(N)C(=O)NCC1(C)CCCO1.Cl. The van der Waals surface area contributed by atoms with Crippen LogP contribution >= 0.6 is 12.4 Å². The van der Waals surface area contributed by atoms with E-state index in [2.05, 4.69) is 5.32 Å². The van der Waals surface area contributed by atoms with Crippen LogP contribution in [0.25, 0.3) is 0 Å². The molecule has 3 N–H and O–H groups in total. The Balaban J connectivity index is 0.00000256. The van der Waals surface area contributed by atoms with Crippen molar-refractivity contribution < 1.29 is 9.53 Å². The first-order chi connectivity index (χ1) is 7.40. The minimum absolute atomic E-state index is 0. The second-order valence-electron chi connectivity index (χ2n) is 5.25. The molecule has 1 heterocycles. The van der Waals surface area contributed by atoms with Crippen LogP contribution in [0.1, 0.15) is 46.5 Å². The molecule has 1 aliphatic heterocycles. The molecule has 1 amide bonds. The highest BCUT2D eigenvalue weighted by molar-refractivity contribution is 5.85. The number of rotatable bonds is 5. The molecule has 0 saturated carbocycles. The van der Waals surface area contributed by atoms with Gasteiger partial charge < -0.3 is 15.8 Å². The largest absolute Gasteiger partial charge is 0.373 e. The van der Waals surface area contributed by atoms with Crippen LogP contribution in [0.5, 0.6) is 0 Å². The molecule has 0 aromatic carbocycles. The van der Waals surface area contributed by atoms with Gasteiger partial charge in [-0.3, -0.25) is 4.79 Å². The van der Waals surface area contributed by atoms with E-state index in [4.69, 9.17) is 10.5 Å². The van der Waals surface area contributed by atoms with Crippen LogP contribution in [0.2, 0.25) is 0 Å². The summed E-state index contributed by atoms with van der Waals surface area (Å²) >= 11 is 0. The molecule has 4 nitrogen and oxygen atoms in total. The Labute approximate surface area is 110 Å². The smallest absolute Gasteiger partial charge is 0.239 e. The summed E-state index contributed by atoms with van der Waals surface area (Å²) in [6.07, 6.45) is 3.69. The van der Waals surface area contributed by atoms with E-state index in [0.717, 1.165) is 25.9 Å². The first kappa shape index (κ1) is 16.7. The minimum atomic E-state index is -0.760. The Morgan fingerprint density at radius 2 is 2.24 bits per heavy atom. The molecular weight excluding hydrogens is 240 g/mol. The van der Waals surface area contributed by atoms with Gasteiger partial charge in [-0.05, 0) is 33.1 Å². The van der Waals surface area contributed by atoms with Gasteiger partial charge in [0.15, 0.2) is 0 Å². The highest BCUT2D eigenvalue weighted by Gasteiger charge is 2.33. The van der Waals surface area contributed by atoms with Crippen LogP contribution < -0.4 is 11.1 Å². The monoisotopic (exact) mass is 264 g/mol. The molecule has 0 radical (unpaired) electrons. The molecule has 102 valence electrons. The van der Waals surface area contributed by atoms with Gasteiger partial charge in [-0.25, -0.2) is 0 Å². The zero-order chi connectivity index (χ0) is 12.2. The third-order valence-electron chi connectivity index (χ3n) is 3.21. The lowest BCUT2D eigenvalue weighted by Gasteiger charge is -2.28. The van der Waals surface area contributed by atoms with Crippen molar-refractivity contribution in [3.63, 3.8) is 0 Å². The Kier molecular flexibility index (Phi) is 6.45. The fourth-order valence-corrected chi connectivity index (χ4v) is 2.08. The Morgan fingerprint density at radius 3 is 2.71 bits per heavy atom. The van der Waals surface area contributed by atoms with E-state index < -0.39 is 5.54 Å². The van der Waals surface area contributed by atoms with Crippen molar-refractivity contribution in [2.45, 2.75) is 57.6 Å². The summed E-state index contributed by atoms with van der Waals surface area (Å²) in [5.74, 6) is -0.0777. The van der Waals surface area contributed by atoms with Crippen molar-refractivity contribution in [2.24, 2.45) is 5.73 Å². The van der Waals surface area contributed by atoms with Crippen LogP contribution in [-0.4, -0.2) is 30.2 Å². The van der Waals surface area contributed by atoms with Crippen molar-refractivity contribution in [1.29, 1.82) is 0 Å². The molecule has 1 rings (SSSR count). The van der Waals surface area contributed by atoms with Crippen molar-refractivity contribution in [2.75, 3.05) is 13.2 Å². The molecule has 0 bridgehead atoms. The van der Waals surface area contributed by atoms with Crippen LogP contribution in [0.3, 0.4) is 0 Å². The lowest BCUT2D eigenvalue weighted by atomic mass is 9.95. The minimum Gasteiger partial charge on any atom is -0.373 e. The van der Waals surface area contributed by atoms with E-state index in [1.807, 2.05) is 13.8 Å². The number of hydrogen-bond donors (Lipinski definition) is 2. The van der Waals surface area contributed by atoms with Crippen molar-refractivity contribution in [3.05, 3.63) is 0 Å².